The van der Waals surface area contributed by atoms with Crippen LogP contribution in [0.15, 0.2) is 39.5 Å². The van der Waals surface area contributed by atoms with Crippen LogP contribution in [0.5, 0.6) is 0 Å². The van der Waals surface area contributed by atoms with Crippen molar-refractivity contribution < 1.29 is 10.0 Å². The van der Waals surface area contributed by atoms with Crippen molar-refractivity contribution in [2.75, 3.05) is 11.9 Å². The van der Waals surface area contributed by atoms with Crippen molar-refractivity contribution in [2.45, 2.75) is 6.10 Å². The standard InChI is InChI=1S/C12H11BrN2O3S/c13-9-1-2-11(15(17)18)10(5-9)14-6-12(16)8-3-4-19-7-8/h1-5,7,12,14,16H,6H2. The van der Waals surface area contributed by atoms with Crippen LogP contribution in [-0.2, 0) is 0 Å². The molecule has 2 aromatic rings. The van der Waals surface area contributed by atoms with Crippen molar-refractivity contribution in [3.63, 3.8) is 0 Å². The van der Waals surface area contributed by atoms with Crippen LogP contribution < -0.4 is 5.32 Å². The minimum atomic E-state index is -0.690. The van der Waals surface area contributed by atoms with Crippen LogP contribution in [0.25, 0.3) is 0 Å². The molecule has 0 aliphatic heterocycles. The molecule has 1 aromatic carbocycles. The van der Waals surface area contributed by atoms with Gasteiger partial charge in [0.05, 0.1) is 11.0 Å². The van der Waals surface area contributed by atoms with Crippen LogP contribution in [0.2, 0.25) is 0 Å². The maximum absolute atomic E-state index is 10.9. The molecule has 7 heteroatoms. The van der Waals surface area contributed by atoms with Crippen molar-refractivity contribution in [3.8, 4) is 0 Å². The number of nitro groups is 1. The second kappa shape index (κ2) is 6.14. The van der Waals surface area contributed by atoms with Gasteiger partial charge >= 0.3 is 0 Å². The summed E-state index contributed by atoms with van der Waals surface area (Å²) in [5.74, 6) is 0. The molecule has 0 aliphatic rings. The van der Waals surface area contributed by atoms with Gasteiger partial charge in [0.1, 0.15) is 5.69 Å². The summed E-state index contributed by atoms with van der Waals surface area (Å²) in [6, 6.07) is 6.48. The Morgan fingerprint density at radius 1 is 1.47 bits per heavy atom. The summed E-state index contributed by atoms with van der Waals surface area (Å²) in [6.45, 7) is 0.216. The van der Waals surface area contributed by atoms with Crippen LogP contribution >= 0.6 is 27.3 Å². The lowest BCUT2D eigenvalue weighted by molar-refractivity contribution is -0.384. The van der Waals surface area contributed by atoms with Gasteiger partial charge in [0.2, 0.25) is 0 Å². The second-order valence-corrected chi connectivity index (χ2v) is 5.57. The minimum Gasteiger partial charge on any atom is -0.387 e. The highest BCUT2D eigenvalue weighted by Crippen LogP contribution is 2.28. The van der Waals surface area contributed by atoms with Gasteiger partial charge in [-0.2, -0.15) is 11.3 Å². The van der Waals surface area contributed by atoms with Crippen LogP contribution in [0.4, 0.5) is 11.4 Å². The highest BCUT2D eigenvalue weighted by Gasteiger charge is 2.15. The number of nitrogens with zero attached hydrogens (tertiary/aromatic N) is 1. The lowest BCUT2D eigenvalue weighted by Gasteiger charge is -2.12. The quantitative estimate of drug-likeness (QED) is 0.643. The molecule has 2 rings (SSSR count). The zero-order valence-electron chi connectivity index (χ0n) is 9.75. The van der Waals surface area contributed by atoms with Crippen molar-refractivity contribution in [1.82, 2.24) is 0 Å². The van der Waals surface area contributed by atoms with Crippen LogP contribution in [0.1, 0.15) is 11.7 Å². The maximum Gasteiger partial charge on any atom is 0.292 e. The van der Waals surface area contributed by atoms with Gasteiger partial charge in [-0.25, -0.2) is 0 Å². The average molecular weight is 343 g/mol. The van der Waals surface area contributed by atoms with Gasteiger partial charge < -0.3 is 10.4 Å². The number of nitrogens with one attached hydrogen (secondary N) is 1. The lowest BCUT2D eigenvalue weighted by Crippen LogP contribution is -2.12. The number of hydrogen-bond donors (Lipinski definition) is 2. The summed E-state index contributed by atoms with van der Waals surface area (Å²) in [7, 11) is 0. The van der Waals surface area contributed by atoms with Crippen LogP contribution in [0.3, 0.4) is 0 Å². The molecule has 1 aromatic heterocycles. The molecule has 1 atom stereocenters. The number of benzene rings is 1. The van der Waals surface area contributed by atoms with Crippen molar-refractivity contribution in [2.24, 2.45) is 0 Å². The molecule has 0 amide bonds. The van der Waals surface area contributed by atoms with Crippen molar-refractivity contribution in [1.29, 1.82) is 0 Å². The Labute approximate surface area is 122 Å². The normalized spacial score (nSPS) is 12.1. The average Bonchev–Trinajstić information content (AvgIpc) is 2.89. The number of thiophene rings is 1. The first kappa shape index (κ1) is 14.0. The molecular formula is C12H11BrN2O3S. The molecule has 100 valence electrons. The molecule has 0 spiro atoms. The molecule has 0 saturated carbocycles. The van der Waals surface area contributed by atoms with Gasteiger partial charge in [-0.15, -0.1) is 0 Å². The third-order valence-electron chi connectivity index (χ3n) is 2.57. The topological polar surface area (TPSA) is 75.4 Å². The fraction of sp³-hybridized carbons (Fsp3) is 0.167. The maximum atomic E-state index is 10.9. The number of hydrogen-bond acceptors (Lipinski definition) is 5. The number of halogens is 1. The third-order valence-corrected chi connectivity index (χ3v) is 3.76. The van der Waals surface area contributed by atoms with E-state index in [-0.39, 0.29) is 12.2 Å². The molecule has 0 fully saturated rings. The SMILES string of the molecule is O=[N+]([O-])c1ccc(Br)cc1NCC(O)c1ccsc1. The summed E-state index contributed by atoms with van der Waals surface area (Å²) >= 11 is 4.76. The van der Waals surface area contributed by atoms with Gasteiger partial charge in [-0.3, -0.25) is 10.1 Å². The largest absolute Gasteiger partial charge is 0.387 e. The van der Waals surface area contributed by atoms with Gasteiger partial charge in [0.25, 0.3) is 5.69 Å². The fourth-order valence-electron chi connectivity index (χ4n) is 1.60. The van der Waals surface area contributed by atoms with E-state index in [4.69, 9.17) is 0 Å². The molecule has 19 heavy (non-hydrogen) atoms. The molecule has 1 heterocycles. The van der Waals surface area contributed by atoms with Gasteiger partial charge in [0.15, 0.2) is 0 Å². The lowest BCUT2D eigenvalue weighted by atomic mass is 10.2. The molecule has 0 radical (unpaired) electrons. The van der Waals surface area contributed by atoms with E-state index in [1.165, 1.54) is 17.4 Å². The van der Waals surface area contributed by atoms with E-state index in [1.54, 1.807) is 12.1 Å². The van der Waals surface area contributed by atoms with Gasteiger partial charge in [0, 0.05) is 17.1 Å². The Kier molecular flexibility index (Phi) is 4.52. The van der Waals surface area contributed by atoms with E-state index in [9.17, 15) is 15.2 Å². The summed E-state index contributed by atoms with van der Waals surface area (Å²) in [4.78, 5) is 10.4. The molecule has 5 nitrogen and oxygen atoms in total. The van der Waals surface area contributed by atoms with E-state index in [0.717, 1.165) is 10.0 Å². The van der Waals surface area contributed by atoms with Crippen molar-refractivity contribution in [3.05, 3.63) is 55.2 Å². The Hall–Kier alpha value is -1.44. The molecule has 2 N–H and O–H groups in total. The van der Waals surface area contributed by atoms with Gasteiger partial charge in [-0.05, 0) is 34.5 Å². The number of aliphatic hydroxyl groups excluding tert-OH is 1. The molecule has 0 bridgehead atoms. The summed E-state index contributed by atoms with van der Waals surface area (Å²) in [5.41, 5.74) is 1.17. The molecule has 0 saturated heterocycles. The fourth-order valence-corrected chi connectivity index (χ4v) is 2.67. The molecule has 1 unspecified atom stereocenters. The molecule has 0 aliphatic carbocycles. The number of rotatable bonds is 5. The van der Waals surface area contributed by atoms with E-state index < -0.39 is 11.0 Å². The molecular weight excluding hydrogens is 332 g/mol. The zero-order valence-corrected chi connectivity index (χ0v) is 12.1. The van der Waals surface area contributed by atoms with Crippen LogP contribution in [-0.4, -0.2) is 16.6 Å². The Bertz CT molecular complexity index is 574. The van der Waals surface area contributed by atoms with E-state index in [0.29, 0.717) is 5.69 Å². The highest BCUT2D eigenvalue weighted by molar-refractivity contribution is 9.10. The Morgan fingerprint density at radius 3 is 2.89 bits per heavy atom. The number of nitro benzene ring substituents is 1. The van der Waals surface area contributed by atoms with E-state index >= 15 is 0 Å². The summed E-state index contributed by atoms with van der Waals surface area (Å²) in [6.07, 6.45) is -0.690. The third kappa shape index (κ3) is 3.52. The Morgan fingerprint density at radius 2 is 2.26 bits per heavy atom. The first-order valence-electron chi connectivity index (χ1n) is 5.46. The first-order valence-corrected chi connectivity index (χ1v) is 7.19. The summed E-state index contributed by atoms with van der Waals surface area (Å²) < 4.78 is 0.741. The van der Waals surface area contributed by atoms with E-state index in [1.807, 2.05) is 16.8 Å². The smallest absolute Gasteiger partial charge is 0.292 e. The monoisotopic (exact) mass is 342 g/mol. The predicted octanol–water partition coefficient (Wildman–Crippen LogP) is 3.56. The zero-order chi connectivity index (χ0) is 13.8. The van der Waals surface area contributed by atoms with Crippen molar-refractivity contribution >= 4 is 38.6 Å². The minimum absolute atomic E-state index is 0.0132. The highest BCUT2D eigenvalue weighted by atomic mass is 79.9. The predicted molar refractivity (Wildman–Crippen MR) is 78.6 cm³/mol. The number of anilines is 1. The van der Waals surface area contributed by atoms with Crippen LogP contribution in [0, 0.1) is 10.1 Å². The summed E-state index contributed by atoms with van der Waals surface area (Å²) in [5, 5.41) is 27.5. The van der Waals surface area contributed by atoms with E-state index in [2.05, 4.69) is 21.2 Å². The first-order chi connectivity index (χ1) is 9.08. The van der Waals surface area contributed by atoms with Gasteiger partial charge in [-0.1, -0.05) is 15.9 Å². The second-order valence-electron chi connectivity index (χ2n) is 3.87. The number of aliphatic hydroxyl groups is 1. The Balaban J connectivity index is 2.10.